The van der Waals surface area contributed by atoms with Crippen molar-refractivity contribution in [3.05, 3.63) is 29.3 Å². The van der Waals surface area contributed by atoms with Crippen molar-refractivity contribution in [3.63, 3.8) is 0 Å². The molecule has 0 saturated carbocycles. The molecule has 0 heterocycles. The van der Waals surface area contributed by atoms with E-state index in [9.17, 15) is 4.79 Å². The lowest BCUT2D eigenvalue weighted by atomic mass is 9.98. The Morgan fingerprint density at radius 2 is 2.00 bits per heavy atom. The number of hydrogen-bond donors (Lipinski definition) is 0. The highest BCUT2D eigenvalue weighted by Gasteiger charge is 2.09. The zero-order valence-electron chi connectivity index (χ0n) is 9.62. The summed E-state index contributed by atoms with van der Waals surface area (Å²) in [6.07, 6.45) is 2.32. The maximum absolute atomic E-state index is 10.5. The SMILES string of the molecule is COc1c(CC=O)cccc1CC(C)C. The van der Waals surface area contributed by atoms with Crippen LogP contribution >= 0.6 is 0 Å². The molecule has 2 heteroatoms. The first-order valence-electron chi connectivity index (χ1n) is 5.27. The molecule has 0 unspecified atom stereocenters. The maximum Gasteiger partial charge on any atom is 0.125 e. The molecule has 0 amide bonds. The van der Waals surface area contributed by atoms with Gasteiger partial charge in [-0.05, 0) is 17.9 Å². The van der Waals surface area contributed by atoms with Gasteiger partial charge in [0.2, 0.25) is 0 Å². The van der Waals surface area contributed by atoms with Crippen molar-refractivity contribution in [2.75, 3.05) is 7.11 Å². The van der Waals surface area contributed by atoms with Crippen LogP contribution < -0.4 is 4.74 Å². The topological polar surface area (TPSA) is 26.3 Å². The summed E-state index contributed by atoms with van der Waals surface area (Å²) in [7, 11) is 1.66. The van der Waals surface area contributed by atoms with E-state index in [1.54, 1.807) is 7.11 Å². The number of ether oxygens (including phenoxy) is 1. The third-order valence-electron chi connectivity index (χ3n) is 2.31. The summed E-state index contributed by atoms with van der Waals surface area (Å²) >= 11 is 0. The Hall–Kier alpha value is -1.31. The van der Waals surface area contributed by atoms with E-state index in [2.05, 4.69) is 19.9 Å². The first-order valence-corrected chi connectivity index (χ1v) is 5.27. The lowest BCUT2D eigenvalue weighted by molar-refractivity contribution is -0.107. The minimum atomic E-state index is 0.426. The van der Waals surface area contributed by atoms with Gasteiger partial charge in [-0.3, -0.25) is 0 Å². The van der Waals surface area contributed by atoms with E-state index in [1.807, 2.05) is 12.1 Å². The molecular weight excluding hydrogens is 188 g/mol. The summed E-state index contributed by atoms with van der Waals surface area (Å²) < 4.78 is 5.37. The Kier molecular flexibility index (Phi) is 4.35. The summed E-state index contributed by atoms with van der Waals surface area (Å²) in [6, 6.07) is 5.99. The van der Waals surface area contributed by atoms with Crippen LogP contribution in [0.25, 0.3) is 0 Å². The van der Waals surface area contributed by atoms with Crippen molar-refractivity contribution in [1.29, 1.82) is 0 Å². The van der Waals surface area contributed by atoms with Gasteiger partial charge in [0.1, 0.15) is 12.0 Å². The normalized spacial score (nSPS) is 10.4. The van der Waals surface area contributed by atoms with E-state index >= 15 is 0 Å². The van der Waals surface area contributed by atoms with Gasteiger partial charge in [0.25, 0.3) is 0 Å². The van der Waals surface area contributed by atoms with E-state index in [0.717, 1.165) is 24.0 Å². The fraction of sp³-hybridized carbons (Fsp3) is 0.462. The number of rotatable bonds is 5. The van der Waals surface area contributed by atoms with Gasteiger partial charge >= 0.3 is 0 Å². The quantitative estimate of drug-likeness (QED) is 0.692. The van der Waals surface area contributed by atoms with Crippen LogP contribution in [0, 0.1) is 5.92 Å². The number of carbonyl (C=O) groups is 1. The van der Waals surface area contributed by atoms with E-state index < -0.39 is 0 Å². The molecule has 0 atom stereocenters. The predicted molar refractivity (Wildman–Crippen MR) is 61.3 cm³/mol. The molecule has 15 heavy (non-hydrogen) atoms. The number of para-hydroxylation sites is 1. The molecule has 0 N–H and O–H groups in total. The number of carbonyl (C=O) groups excluding carboxylic acids is 1. The summed E-state index contributed by atoms with van der Waals surface area (Å²) in [6.45, 7) is 4.34. The van der Waals surface area contributed by atoms with Gasteiger partial charge < -0.3 is 9.53 Å². The van der Waals surface area contributed by atoms with Gasteiger partial charge in [-0.15, -0.1) is 0 Å². The standard InChI is InChI=1S/C13H18O2/c1-10(2)9-12-6-4-5-11(7-8-14)13(12)15-3/h4-6,8,10H,7,9H2,1-3H3. The van der Waals surface area contributed by atoms with E-state index in [4.69, 9.17) is 4.74 Å². The van der Waals surface area contributed by atoms with Crippen LogP contribution in [0.15, 0.2) is 18.2 Å². The minimum Gasteiger partial charge on any atom is -0.496 e. The second-order valence-corrected chi connectivity index (χ2v) is 4.08. The smallest absolute Gasteiger partial charge is 0.125 e. The highest BCUT2D eigenvalue weighted by molar-refractivity contribution is 5.58. The second kappa shape index (κ2) is 5.54. The van der Waals surface area contributed by atoms with E-state index in [-0.39, 0.29) is 0 Å². The van der Waals surface area contributed by atoms with Crippen LogP contribution in [-0.4, -0.2) is 13.4 Å². The number of hydrogen-bond acceptors (Lipinski definition) is 2. The molecule has 1 rings (SSSR count). The minimum absolute atomic E-state index is 0.426. The summed E-state index contributed by atoms with van der Waals surface area (Å²) in [5.74, 6) is 1.46. The largest absolute Gasteiger partial charge is 0.496 e. The fourth-order valence-corrected chi connectivity index (χ4v) is 1.75. The average molecular weight is 206 g/mol. The lowest BCUT2D eigenvalue weighted by Crippen LogP contribution is -2.01. The van der Waals surface area contributed by atoms with Crippen molar-refractivity contribution in [1.82, 2.24) is 0 Å². The highest BCUT2D eigenvalue weighted by Crippen LogP contribution is 2.26. The molecule has 82 valence electrons. The first-order chi connectivity index (χ1) is 7.19. The van der Waals surface area contributed by atoms with Crippen molar-refractivity contribution in [2.45, 2.75) is 26.7 Å². The molecule has 1 aromatic rings. The summed E-state index contributed by atoms with van der Waals surface area (Å²) in [4.78, 5) is 10.5. The van der Waals surface area contributed by atoms with Crippen molar-refractivity contribution in [2.24, 2.45) is 5.92 Å². The Labute approximate surface area is 91.3 Å². The van der Waals surface area contributed by atoms with Gasteiger partial charge in [-0.2, -0.15) is 0 Å². The third kappa shape index (κ3) is 3.08. The maximum atomic E-state index is 10.5. The molecule has 0 aliphatic carbocycles. The molecule has 0 aliphatic heterocycles. The Morgan fingerprint density at radius 1 is 1.33 bits per heavy atom. The van der Waals surface area contributed by atoms with Gasteiger partial charge in [-0.25, -0.2) is 0 Å². The van der Waals surface area contributed by atoms with Gasteiger partial charge in [-0.1, -0.05) is 32.0 Å². The van der Waals surface area contributed by atoms with Gasteiger partial charge in [0.05, 0.1) is 7.11 Å². The van der Waals surface area contributed by atoms with Crippen LogP contribution in [-0.2, 0) is 17.6 Å². The number of methoxy groups -OCH3 is 1. The van der Waals surface area contributed by atoms with Crippen LogP contribution in [0.4, 0.5) is 0 Å². The molecule has 0 aromatic heterocycles. The van der Waals surface area contributed by atoms with Crippen molar-refractivity contribution < 1.29 is 9.53 Å². The average Bonchev–Trinajstić information content (AvgIpc) is 2.18. The van der Waals surface area contributed by atoms with Crippen LogP contribution in [0.2, 0.25) is 0 Å². The van der Waals surface area contributed by atoms with E-state index in [1.165, 1.54) is 5.56 Å². The third-order valence-corrected chi connectivity index (χ3v) is 2.31. The van der Waals surface area contributed by atoms with Crippen molar-refractivity contribution in [3.8, 4) is 5.75 Å². The van der Waals surface area contributed by atoms with Gasteiger partial charge in [0.15, 0.2) is 0 Å². The number of benzene rings is 1. The summed E-state index contributed by atoms with van der Waals surface area (Å²) in [5, 5.41) is 0. The number of aldehydes is 1. The van der Waals surface area contributed by atoms with Crippen LogP contribution in [0.5, 0.6) is 5.75 Å². The lowest BCUT2D eigenvalue weighted by Gasteiger charge is -2.13. The summed E-state index contributed by atoms with van der Waals surface area (Å²) in [5.41, 5.74) is 2.16. The zero-order chi connectivity index (χ0) is 11.3. The Balaban J connectivity index is 3.03. The molecule has 0 bridgehead atoms. The Morgan fingerprint density at radius 3 is 2.53 bits per heavy atom. The molecule has 1 aromatic carbocycles. The van der Waals surface area contributed by atoms with Gasteiger partial charge in [0, 0.05) is 12.0 Å². The molecule has 0 aliphatic rings. The molecule has 0 saturated heterocycles. The molecular formula is C13H18O2. The first kappa shape index (κ1) is 11.8. The Bertz CT molecular complexity index is 329. The highest BCUT2D eigenvalue weighted by atomic mass is 16.5. The predicted octanol–water partition coefficient (Wildman–Crippen LogP) is 2.64. The van der Waals surface area contributed by atoms with E-state index in [0.29, 0.717) is 12.3 Å². The molecule has 2 nitrogen and oxygen atoms in total. The second-order valence-electron chi connectivity index (χ2n) is 4.08. The van der Waals surface area contributed by atoms with Crippen LogP contribution in [0.1, 0.15) is 25.0 Å². The zero-order valence-corrected chi connectivity index (χ0v) is 9.62. The fourth-order valence-electron chi connectivity index (χ4n) is 1.75. The van der Waals surface area contributed by atoms with Crippen molar-refractivity contribution >= 4 is 6.29 Å². The monoisotopic (exact) mass is 206 g/mol. The molecule has 0 spiro atoms. The molecule has 0 radical (unpaired) electrons. The van der Waals surface area contributed by atoms with Crippen LogP contribution in [0.3, 0.4) is 0 Å². The molecule has 0 fully saturated rings.